The van der Waals surface area contributed by atoms with Crippen LogP contribution in [0.5, 0.6) is 0 Å². The fraction of sp³-hybridized carbons (Fsp3) is 0.500. The highest BCUT2D eigenvalue weighted by Gasteiger charge is 2.21. The van der Waals surface area contributed by atoms with E-state index in [9.17, 15) is 0 Å². The molecule has 3 heterocycles. The van der Waals surface area contributed by atoms with Crippen LogP contribution in [-0.2, 0) is 20.0 Å². The number of hydrogen-bond acceptors (Lipinski definition) is 3. The molecule has 0 fully saturated rings. The van der Waals surface area contributed by atoms with Gasteiger partial charge in [-0.2, -0.15) is 10.2 Å². The molecule has 3 rings (SSSR count). The Morgan fingerprint density at radius 3 is 2.52 bits per heavy atom. The molecule has 7 heteroatoms. The normalized spacial score (nSPS) is 11.7. The van der Waals surface area contributed by atoms with E-state index in [0.29, 0.717) is 12.3 Å². The monoisotopic (exact) mass is 306 g/mol. The summed E-state index contributed by atoms with van der Waals surface area (Å²) in [5, 5.41) is 9.01. The number of rotatable bonds is 4. The summed E-state index contributed by atoms with van der Waals surface area (Å²) in [6.07, 6.45) is 2.73. The number of hydrogen-bond donors (Lipinski definition) is 0. The average Bonchev–Trinajstić information content (AvgIpc) is 3.05. The van der Waals surface area contributed by atoms with Gasteiger partial charge in [0.15, 0.2) is 5.65 Å². The number of imidazole rings is 1. The fourth-order valence-electron chi connectivity index (χ4n) is 2.75. The van der Waals surface area contributed by atoms with E-state index in [1.54, 1.807) is 0 Å². The van der Waals surface area contributed by atoms with Crippen molar-refractivity contribution in [3.05, 3.63) is 23.4 Å². The zero-order valence-electron chi connectivity index (χ0n) is 12.8. The first kappa shape index (κ1) is 14.1. The van der Waals surface area contributed by atoms with Crippen molar-refractivity contribution in [3.63, 3.8) is 0 Å². The highest BCUT2D eigenvalue weighted by molar-refractivity contribution is 6.17. The van der Waals surface area contributed by atoms with Crippen LogP contribution in [0.2, 0.25) is 0 Å². The van der Waals surface area contributed by atoms with Gasteiger partial charge in [-0.3, -0.25) is 9.25 Å². The maximum absolute atomic E-state index is 5.95. The average molecular weight is 307 g/mol. The molecule has 0 saturated carbocycles. The van der Waals surface area contributed by atoms with Gasteiger partial charge in [0.25, 0.3) is 0 Å². The lowest BCUT2D eigenvalue weighted by atomic mass is 10.3. The van der Waals surface area contributed by atoms with Crippen molar-refractivity contribution in [1.29, 1.82) is 0 Å². The van der Waals surface area contributed by atoms with Crippen molar-refractivity contribution in [2.75, 3.05) is 5.88 Å². The van der Waals surface area contributed by atoms with Crippen LogP contribution >= 0.6 is 11.6 Å². The predicted octanol–water partition coefficient (Wildman–Crippen LogP) is 2.37. The first-order valence-electron chi connectivity index (χ1n) is 7.08. The molecular formula is C14H19ClN6. The smallest absolute Gasteiger partial charge is 0.163 e. The molecule has 0 aliphatic carbocycles. The van der Waals surface area contributed by atoms with Crippen LogP contribution in [0, 0.1) is 13.8 Å². The molecule has 21 heavy (non-hydrogen) atoms. The molecule has 3 aromatic heterocycles. The highest BCUT2D eigenvalue weighted by atomic mass is 35.5. The maximum Gasteiger partial charge on any atom is 0.163 e. The van der Waals surface area contributed by atoms with Gasteiger partial charge in [-0.1, -0.05) is 0 Å². The Morgan fingerprint density at radius 2 is 1.95 bits per heavy atom. The fourth-order valence-corrected chi connectivity index (χ4v) is 2.91. The van der Waals surface area contributed by atoms with Gasteiger partial charge >= 0.3 is 0 Å². The van der Waals surface area contributed by atoms with Gasteiger partial charge in [-0.15, -0.1) is 11.6 Å². The Labute approximate surface area is 128 Å². The van der Waals surface area contributed by atoms with Gasteiger partial charge in [0, 0.05) is 32.1 Å². The van der Waals surface area contributed by atoms with Crippen LogP contribution in [0.25, 0.3) is 16.9 Å². The van der Waals surface area contributed by atoms with Crippen molar-refractivity contribution in [2.45, 2.75) is 33.7 Å². The van der Waals surface area contributed by atoms with E-state index >= 15 is 0 Å². The Balaban J connectivity index is 2.36. The van der Waals surface area contributed by atoms with E-state index < -0.39 is 0 Å². The van der Waals surface area contributed by atoms with Crippen LogP contribution in [0.3, 0.4) is 0 Å². The molecule has 0 saturated heterocycles. The molecule has 0 atom stereocenters. The standard InChI is InChI=1S/C14H19ClN6/c1-5-20-14-13(10(3)18-20)16-12(6-7-15)21(14)11-8-19(4)17-9(11)2/h8H,5-7H2,1-4H3. The third-order valence-corrected chi connectivity index (χ3v) is 3.82. The van der Waals surface area contributed by atoms with Crippen molar-refractivity contribution in [3.8, 4) is 5.69 Å². The van der Waals surface area contributed by atoms with Gasteiger partial charge in [0.05, 0.1) is 17.1 Å². The molecule has 112 valence electrons. The molecule has 0 aromatic carbocycles. The number of aromatic nitrogens is 6. The Bertz CT molecular complexity index is 794. The van der Waals surface area contributed by atoms with Crippen molar-refractivity contribution >= 4 is 22.8 Å². The quantitative estimate of drug-likeness (QED) is 0.695. The predicted molar refractivity (Wildman–Crippen MR) is 83.2 cm³/mol. The summed E-state index contributed by atoms with van der Waals surface area (Å²) < 4.78 is 5.95. The van der Waals surface area contributed by atoms with Gasteiger partial charge in [0.1, 0.15) is 11.3 Å². The zero-order valence-corrected chi connectivity index (χ0v) is 13.5. The Morgan fingerprint density at radius 1 is 1.19 bits per heavy atom. The van der Waals surface area contributed by atoms with Crippen LogP contribution in [-0.4, -0.2) is 35.0 Å². The van der Waals surface area contributed by atoms with E-state index in [2.05, 4.69) is 21.7 Å². The van der Waals surface area contributed by atoms with Crippen LogP contribution < -0.4 is 0 Å². The summed E-state index contributed by atoms with van der Waals surface area (Å²) in [6, 6.07) is 0. The van der Waals surface area contributed by atoms with E-state index in [1.807, 2.05) is 36.5 Å². The number of aryl methyl sites for hydroxylation is 5. The van der Waals surface area contributed by atoms with Crippen molar-refractivity contribution < 1.29 is 0 Å². The molecule has 0 amide bonds. The van der Waals surface area contributed by atoms with Gasteiger partial charge < -0.3 is 0 Å². The van der Waals surface area contributed by atoms with Gasteiger partial charge in [-0.05, 0) is 20.8 Å². The first-order valence-corrected chi connectivity index (χ1v) is 7.61. The number of halogens is 1. The van der Waals surface area contributed by atoms with Crippen LogP contribution in [0.4, 0.5) is 0 Å². The third kappa shape index (κ3) is 2.14. The molecule has 0 unspecified atom stereocenters. The molecular weight excluding hydrogens is 288 g/mol. The van der Waals surface area contributed by atoms with Crippen LogP contribution in [0.15, 0.2) is 6.20 Å². The zero-order chi connectivity index (χ0) is 15.1. The van der Waals surface area contributed by atoms with Gasteiger partial charge in [0.2, 0.25) is 0 Å². The highest BCUT2D eigenvalue weighted by Crippen LogP contribution is 2.26. The summed E-state index contributed by atoms with van der Waals surface area (Å²) in [5.74, 6) is 1.50. The van der Waals surface area contributed by atoms with E-state index in [1.165, 1.54) is 0 Å². The maximum atomic E-state index is 5.95. The topological polar surface area (TPSA) is 53.5 Å². The minimum Gasteiger partial charge on any atom is -0.277 e. The number of alkyl halides is 1. The molecule has 3 aromatic rings. The summed E-state index contributed by atoms with van der Waals surface area (Å²) in [5.41, 5.74) is 4.92. The molecule has 6 nitrogen and oxygen atoms in total. The lowest BCUT2D eigenvalue weighted by Crippen LogP contribution is -2.08. The van der Waals surface area contributed by atoms with Gasteiger partial charge in [-0.25, -0.2) is 9.67 Å². The lowest BCUT2D eigenvalue weighted by Gasteiger charge is -2.08. The summed E-state index contributed by atoms with van der Waals surface area (Å²) in [6.45, 7) is 6.88. The van der Waals surface area contributed by atoms with E-state index in [0.717, 1.165) is 40.6 Å². The molecule has 0 aliphatic heterocycles. The summed E-state index contributed by atoms with van der Waals surface area (Å²) in [7, 11) is 1.92. The molecule has 0 bridgehead atoms. The second-order valence-corrected chi connectivity index (χ2v) is 5.53. The Hall–Kier alpha value is -1.82. The Kier molecular flexibility index (Phi) is 3.49. The lowest BCUT2D eigenvalue weighted by molar-refractivity contribution is 0.658. The second-order valence-electron chi connectivity index (χ2n) is 5.15. The third-order valence-electron chi connectivity index (χ3n) is 3.63. The first-order chi connectivity index (χ1) is 10.1. The van der Waals surface area contributed by atoms with Crippen molar-refractivity contribution in [2.24, 2.45) is 7.05 Å². The second kappa shape index (κ2) is 5.18. The minimum atomic E-state index is 0.539. The van der Waals surface area contributed by atoms with Crippen LogP contribution in [0.1, 0.15) is 24.1 Å². The largest absolute Gasteiger partial charge is 0.277 e. The summed E-state index contributed by atoms with van der Waals surface area (Å²) in [4.78, 5) is 4.76. The summed E-state index contributed by atoms with van der Waals surface area (Å²) >= 11 is 5.95. The number of nitrogens with zero attached hydrogens (tertiary/aromatic N) is 6. The molecule has 0 aliphatic rings. The molecule has 0 radical (unpaired) electrons. The number of fused-ring (bicyclic) bond motifs is 1. The van der Waals surface area contributed by atoms with E-state index in [4.69, 9.17) is 16.6 Å². The SMILES string of the molecule is CCn1nc(C)c2nc(CCCl)n(-c3cn(C)nc3C)c21. The minimum absolute atomic E-state index is 0.539. The molecule has 0 N–H and O–H groups in total. The molecule has 0 spiro atoms. The van der Waals surface area contributed by atoms with E-state index in [-0.39, 0.29) is 0 Å². The van der Waals surface area contributed by atoms with Crippen molar-refractivity contribution in [1.82, 2.24) is 29.1 Å².